The highest BCUT2D eigenvalue weighted by molar-refractivity contribution is 14.1. The minimum atomic E-state index is -1.83. The van der Waals surface area contributed by atoms with E-state index >= 15 is 0 Å². The van der Waals surface area contributed by atoms with Gasteiger partial charge in [0.05, 0.1) is 0 Å². The molecule has 0 fully saturated rings. The molecule has 0 spiro atoms. The predicted molar refractivity (Wildman–Crippen MR) is 35.2 cm³/mol. The van der Waals surface area contributed by atoms with Gasteiger partial charge in [0.2, 0.25) is 0 Å². The lowest BCUT2D eigenvalue weighted by atomic mass is 11.0. The Balaban J connectivity index is 0. The summed E-state index contributed by atoms with van der Waals surface area (Å²) in [5.74, 6) is 0. The highest BCUT2D eigenvalue weighted by Crippen LogP contribution is 1.69. The Bertz CT molecular complexity index is 41.4. The summed E-state index contributed by atoms with van der Waals surface area (Å²) in [7, 11) is 0. The number of hydrogen-bond acceptors (Lipinski definition) is 1. The van der Waals surface area contributed by atoms with Crippen LogP contribution < -0.4 is 0 Å². The third kappa shape index (κ3) is 0. The van der Waals surface area contributed by atoms with Gasteiger partial charge in [0, 0.05) is 0 Å². The van der Waals surface area contributed by atoms with Crippen LogP contribution in [0.15, 0.2) is 0 Å². The Morgan fingerprint density at radius 3 is 1.71 bits per heavy atom. The van der Waals surface area contributed by atoms with Crippen LogP contribution >= 0.6 is 22.6 Å². The van der Waals surface area contributed by atoms with Crippen molar-refractivity contribution in [1.29, 1.82) is 0 Å². The topological polar surface area (TPSA) is 57.5 Å². The first-order valence-corrected chi connectivity index (χ1v) is 3.15. The number of hydrogen-bond donors (Lipinski definition) is 2. The van der Waals surface area contributed by atoms with Crippen molar-refractivity contribution in [1.82, 2.24) is 0 Å². The molecule has 0 aromatic rings. The molecule has 0 aliphatic heterocycles. The monoisotopic (exact) mass is 218 g/mol. The molecular weight excluding hydrogens is 211 g/mol. The Labute approximate surface area is 55.5 Å². The second-order valence-electron chi connectivity index (χ2n) is 0.550. The molecule has 0 saturated heterocycles. The Morgan fingerprint density at radius 2 is 1.71 bits per heavy atom. The van der Waals surface area contributed by atoms with Gasteiger partial charge in [-0.1, -0.05) is 29.5 Å². The maximum atomic E-state index is 8.56. The fourth-order valence-electron chi connectivity index (χ4n) is 0. The van der Waals surface area contributed by atoms with Crippen LogP contribution in [0.3, 0.4) is 0 Å². The first-order valence-electron chi connectivity index (χ1n) is 1.63. The summed E-state index contributed by atoms with van der Waals surface area (Å²) in [6.07, 6.45) is -1.83. The quantitative estimate of drug-likeness (QED) is 0.480. The molecule has 0 aromatic heterocycles. The van der Waals surface area contributed by atoms with E-state index in [0.29, 0.717) is 0 Å². The number of alkyl halides is 1. The van der Waals surface area contributed by atoms with Gasteiger partial charge in [-0.2, -0.15) is 0 Å². The summed E-state index contributed by atoms with van der Waals surface area (Å²) in [5.41, 5.74) is 0. The smallest absolute Gasteiger partial charge is 0.450 e. The van der Waals surface area contributed by atoms with Crippen molar-refractivity contribution in [2.45, 2.75) is 6.92 Å². The number of carboxylic acid groups (broad SMARTS) is 2. The summed E-state index contributed by atoms with van der Waals surface area (Å²) in [4.78, 5) is 8.56. The lowest BCUT2D eigenvalue weighted by molar-refractivity contribution is 0.137. The largest absolute Gasteiger partial charge is 0.503 e. The average Bonchev–Trinajstić information content (AvgIpc) is 1.33. The highest BCUT2D eigenvalue weighted by Gasteiger charge is 1.70. The van der Waals surface area contributed by atoms with E-state index in [-0.39, 0.29) is 0 Å². The van der Waals surface area contributed by atoms with Gasteiger partial charge >= 0.3 is 6.16 Å². The van der Waals surface area contributed by atoms with Crippen molar-refractivity contribution >= 4 is 28.7 Å². The molecule has 2 N–H and O–H groups in total. The zero-order chi connectivity index (χ0) is 6.28. The van der Waals surface area contributed by atoms with E-state index in [2.05, 4.69) is 29.5 Å². The minimum Gasteiger partial charge on any atom is -0.450 e. The Morgan fingerprint density at radius 1 is 1.71 bits per heavy atom. The van der Waals surface area contributed by atoms with Gasteiger partial charge < -0.3 is 10.2 Å². The van der Waals surface area contributed by atoms with Crippen LogP contribution in [0, 0.1) is 0 Å². The van der Waals surface area contributed by atoms with Crippen LogP contribution in [0.4, 0.5) is 4.79 Å². The van der Waals surface area contributed by atoms with Crippen molar-refractivity contribution < 1.29 is 15.0 Å². The van der Waals surface area contributed by atoms with E-state index in [0.717, 1.165) is 0 Å². The normalized spacial score (nSPS) is 6.00. The molecule has 0 atom stereocenters. The summed E-state index contributed by atoms with van der Waals surface area (Å²) in [5, 5.41) is 13.9. The van der Waals surface area contributed by atoms with E-state index in [1.165, 1.54) is 4.43 Å². The summed E-state index contributed by atoms with van der Waals surface area (Å²) >= 11 is 2.29. The predicted octanol–water partition coefficient (Wildman–Crippen LogP) is 1.66. The maximum Gasteiger partial charge on any atom is 0.503 e. The maximum absolute atomic E-state index is 8.56. The lowest BCUT2D eigenvalue weighted by Crippen LogP contribution is -1.81. The number of rotatable bonds is 0. The Hall–Kier alpha value is 0. The first kappa shape index (κ1) is 10.1. The van der Waals surface area contributed by atoms with Crippen LogP contribution in [0.2, 0.25) is 0 Å². The van der Waals surface area contributed by atoms with Crippen LogP contribution in [0.1, 0.15) is 6.92 Å². The van der Waals surface area contributed by atoms with Gasteiger partial charge in [0.25, 0.3) is 0 Å². The van der Waals surface area contributed by atoms with Crippen molar-refractivity contribution in [2.24, 2.45) is 0 Å². The van der Waals surface area contributed by atoms with Gasteiger partial charge in [0.15, 0.2) is 0 Å². The highest BCUT2D eigenvalue weighted by atomic mass is 127. The summed E-state index contributed by atoms with van der Waals surface area (Å²) < 4.78 is 1.22. The molecule has 0 amide bonds. The molecule has 0 aliphatic carbocycles. The Kier molecular flexibility index (Phi) is 13.5. The second kappa shape index (κ2) is 9.38. The van der Waals surface area contributed by atoms with Crippen LogP contribution in [-0.4, -0.2) is 20.8 Å². The second-order valence-corrected chi connectivity index (χ2v) is 2.08. The van der Waals surface area contributed by atoms with Gasteiger partial charge in [0.1, 0.15) is 0 Å². The van der Waals surface area contributed by atoms with Gasteiger partial charge in [-0.05, 0) is 4.43 Å². The van der Waals surface area contributed by atoms with Crippen LogP contribution in [0.5, 0.6) is 0 Å². The first-order chi connectivity index (χ1) is 3.15. The van der Waals surface area contributed by atoms with Crippen LogP contribution in [-0.2, 0) is 0 Å². The van der Waals surface area contributed by atoms with Gasteiger partial charge in [-0.3, -0.25) is 0 Å². The van der Waals surface area contributed by atoms with Crippen molar-refractivity contribution in [3.8, 4) is 0 Å². The van der Waals surface area contributed by atoms with Crippen molar-refractivity contribution in [3.05, 3.63) is 0 Å². The molecule has 0 aromatic carbocycles. The van der Waals surface area contributed by atoms with Crippen LogP contribution in [0.25, 0.3) is 0 Å². The standard InChI is InChI=1S/C2H5I.CH2O3/c1-2-3;2-1(3)4/h2H2,1H3;(H2,2,3,4). The van der Waals surface area contributed by atoms with Gasteiger partial charge in [-0.15, -0.1) is 0 Å². The third-order valence-corrected chi connectivity index (χ3v) is 0. The number of halogens is 1. The third-order valence-electron chi connectivity index (χ3n) is 0. The van der Waals surface area contributed by atoms with E-state index in [9.17, 15) is 0 Å². The molecule has 0 radical (unpaired) electrons. The van der Waals surface area contributed by atoms with E-state index in [1.54, 1.807) is 0 Å². The fraction of sp³-hybridized carbons (Fsp3) is 0.667. The van der Waals surface area contributed by atoms with Crippen molar-refractivity contribution in [3.63, 3.8) is 0 Å². The molecule has 44 valence electrons. The summed E-state index contributed by atoms with van der Waals surface area (Å²) in [6, 6.07) is 0. The molecule has 0 unspecified atom stereocenters. The van der Waals surface area contributed by atoms with E-state index in [1.807, 2.05) is 0 Å². The molecule has 0 bridgehead atoms. The lowest BCUT2D eigenvalue weighted by Gasteiger charge is -1.60. The molecule has 4 heteroatoms. The summed E-state index contributed by atoms with van der Waals surface area (Å²) in [6.45, 7) is 2.11. The van der Waals surface area contributed by atoms with E-state index < -0.39 is 6.16 Å². The number of carbonyl (C=O) groups is 1. The molecule has 0 rings (SSSR count). The molecule has 7 heavy (non-hydrogen) atoms. The van der Waals surface area contributed by atoms with E-state index in [4.69, 9.17) is 15.0 Å². The molecule has 0 saturated carbocycles. The fourth-order valence-corrected chi connectivity index (χ4v) is 0. The SMILES string of the molecule is CCI.O=C(O)O. The average molecular weight is 218 g/mol. The van der Waals surface area contributed by atoms with Gasteiger partial charge in [-0.25, -0.2) is 4.79 Å². The molecular formula is C3H7IO3. The minimum absolute atomic E-state index is 1.22. The molecule has 0 heterocycles. The molecule has 3 nitrogen and oxygen atoms in total. The zero-order valence-corrected chi connectivity index (χ0v) is 6.05. The molecule has 0 aliphatic rings. The van der Waals surface area contributed by atoms with Crippen molar-refractivity contribution in [2.75, 3.05) is 4.43 Å². The zero-order valence-electron chi connectivity index (χ0n) is 3.89.